The van der Waals surface area contributed by atoms with Gasteiger partial charge < -0.3 is 9.02 Å². The Morgan fingerprint density at radius 1 is 0.306 bits per heavy atom. The summed E-state index contributed by atoms with van der Waals surface area (Å²) in [6.07, 6.45) is 51.9. The van der Waals surface area contributed by atoms with Crippen molar-refractivity contribution in [3.8, 4) is 0 Å². The molecule has 49 heavy (non-hydrogen) atoms. The summed E-state index contributed by atoms with van der Waals surface area (Å²) in [7, 11) is 0. The molecule has 0 saturated carbocycles. The van der Waals surface area contributed by atoms with Crippen molar-refractivity contribution < 1.29 is 48.2 Å². The largest absolute Gasteiger partial charge is 2.00 e. The molecule has 0 aromatic rings. The minimum absolute atomic E-state index is 0. The summed E-state index contributed by atoms with van der Waals surface area (Å²) < 4.78 is 5.05. The number of carbonyl (C=O) groups is 2. The maximum absolute atomic E-state index is 12.0. The predicted octanol–water partition coefficient (Wildman–Crippen LogP) is 12.7. The molecule has 0 N–H and O–H groups in total. The molecule has 0 fully saturated rings. The molecule has 0 spiro atoms. The zero-order valence-corrected chi connectivity index (χ0v) is 38.4. The van der Waals surface area contributed by atoms with Crippen molar-refractivity contribution in [2.24, 2.45) is 0 Å². The van der Waals surface area contributed by atoms with Gasteiger partial charge in [-0.15, -0.1) is 0 Å². The maximum Gasteiger partial charge on any atom is 2.00 e. The monoisotopic (exact) mass is 729 g/mol. The Morgan fingerprint density at radius 2 is 0.449 bits per heavy atom. The van der Waals surface area contributed by atoms with Gasteiger partial charge in [-0.1, -0.05) is 245 Å². The van der Waals surface area contributed by atoms with E-state index in [2.05, 4.69) is 13.8 Å². The first-order valence-electron chi connectivity index (χ1n) is 21.9. The SMILES string of the molecule is CCCCCCCCCCCCCCCCCCCCCC(=O)OC(=O)CCCCCCCCCCCCCCCCCCCCC.[Ca+2].[H-].[H-].[H-].[Na+]. The Hall–Kier alpha value is 1.40. The van der Waals surface area contributed by atoms with Gasteiger partial charge in [-0.25, -0.2) is 0 Å². The molecule has 0 unspecified atom stereocenters. The Kier molecular flexibility index (Phi) is 55.2. The smallest absolute Gasteiger partial charge is 1.00 e. The average Bonchev–Trinajstić information content (AvgIpc) is 3.06. The summed E-state index contributed by atoms with van der Waals surface area (Å²) in [5.74, 6) is -0.639. The molecular weight excluding hydrogens is 640 g/mol. The minimum Gasteiger partial charge on any atom is -1.00 e. The predicted molar refractivity (Wildman–Crippen MR) is 216 cm³/mol. The van der Waals surface area contributed by atoms with Crippen LogP contribution in [0.4, 0.5) is 0 Å². The Labute approximate surface area is 365 Å². The van der Waals surface area contributed by atoms with Crippen LogP contribution in [0.5, 0.6) is 0 Å². The van der Waals surface area contributed by atoms with Gasteiger partial charge in [0.25, 0.3) is 0 Å². The fraction of sp³-hybridized carbons (Fsp3) is 0.955. The molecule has 0 aromatic heterocycles. The van der Waals surface area contributed by atoms with Gasteiger partial charge in [-0.3, -0.25) is 9.59 Å². The van der Waals surface area contributed by atoms with E-state index < -0.39 is 0 Å². The first-order valence-corrected chi connectivity index (χ1v) is 21.9. The minimum atomic E-state index is -0.320. The number of hydrogen-bond acceptors (Lipinski definition) is 3. The summed E-state index contributed by atoms with van der Waals surface area (Å²) >= 11 is 0. The molecule has 0 saturated heterocycles. The summed E-state index contributed by atoms with van der Waals surface area (Å²) in [6.45, 7) is 4.58. The number of hydrogen-bond donors (Lipinski definition) is 0. The van der Waals surface area contributed by atoms with Gasteiger partial charge in [0, 0.05) is 12.8 Å². The van der Waals surface area contributed by atoms with Gasteiger partial charge >= 0.3 is 79.2 Å². The molecule has 0 aliphatic rings. The van der Waals surface area contributed by atoms with Crippen LogP contribution < -0.4 is 29.6 Å². The third-order valence-electron chi connectivity index (χ3n) is 10.2. The third kappa shape index (κ3) is 49.4. The number of rotatable bonds is 40. The number of unbranched alkanes of at least 4 members (excludes halogenated alkanes) is 36. The van der Waals surface area contributed by atoms with E-state index in [9.17, 15) is 9.59 Å². The molecule has 0 aliphatic heterocycles. The number of carbonyl (C=O) groups excluding carboxylic acids is 2. The van der Waals surface area contributed by atoms with Crippen molar-refractivity contribution in [2.45, 2.75) is 271 Å². The van der Waals surface area contributed by atoms with E-state index in [1.807, 2.05) is 0 Å². The normalized spacial score (nSPS) is 10.9. The zero-order chi connectivity index (χ0) is 34.1. The van der Waals surface area contributed by atoms with E-state index in [4.69, 9.17) is 4.74 Å². The van der Waals surface area contributed by atoms with Crippen molar-refractivity contribution >= 4 is 49.7 Å². The molecule has 0 heterocycles. The van der Waals surface area contributed by atoms with E-state index in [0.717, 1.165) is 25.7 Å². The third-order valence-corrected chi connectivity index (χ3v) is 10.2. The molecule has 0 atom stereocenters. The number of ether oxygens (including phenoxy) is 1. The molecule has 286 valence electrons. The van der Waals surface area contributed by atoms with Gasteiger partial charge in [-0.2, -0.15) is 0 Å². The van der Waals surface area contributed by atoms with Crippen molar-refractivity contribution in [1.29, 1.82) is 0 Å². The Bertz CT molecular complexity index is 594. The van der Waals surface area contributed by atoms with Crippen LogP contribution in [0.3, 0.4) is 0 Å². The zero-order valence-electron chi connectivity index (χ0n) is 37.2. The maximum atomic E-state index is 12.0. The second-order valence-electron chi connectivity index (χ2n) is 15.1. The molecule has 0 aliphatic carbocycles. The van der Waals surface area contributed by atoms with Gasteiger partial charge in [-0.05, 0) is 12.8 Å². The van der Waals surface area contributed by atoms with Crippen molar-refractivity contribution in [3.63, 3.8) is 0 Å². The van der Waals surface area contributed by atoms with E-state index in [-0.39, 0.29) is 83.5 Å². The van der Waals surface area contributed by atoms with Crippen molar-refractivity contribution in [2.75, 3.05) is 0 Å². The van der Waals surface area contributed by atoms with Crippen LogP contribution in [0.2, 0.25) is 0 Å². The van der Waals surface area contributed by atoms with Crippen LogP contribution in [0.25, 0.3) is 0 Å². The first-order chi connectivity index (χ1) is 23.2. The number of esters is 2. The van der Waals surface area contributed by atoms with E-state index in [1.54, 1.807) is 0 Å². The molecule has 0 amide bonds. The van der Waals surface area contributed by atoms with Gasteiger partial charge in [0.2, 0.25) is 0 Å². The van der Waals surface area contributed by atoms with Gasteiger partial charge in [0.05, 0.1) is 0 Å². The van der Waals surface area contributed by atoms with Crippen LogP contribution in [-0.4, -0.2) is 49.7 Å². The molecule has 0 aromatic carbocycles. The molecule has 0 radical (unpaired) electrons. The summed E-state index contributed by atoms with van der Waals surface area (Å²) in [6, 6.07) is 0. The average molecular weight is 729 g/mol. The fourth-order valence-electron chi connectivity index (χ4n) is 6.92. The Balaban J connectivity index is -0.00000106. The van der Waals surface area contributed by atoms with E-state index >= 15 is 0 Å². The van der Waals surface area contributed by atoms with Gasteiger partial charge in [0.1, 0.15) is 0 Å². The molecule has 5 heteroatoms. The second-order valence-corrected chi connectivity index (χ2v) is 15.1. The second kappa shape index (κ2) is 49.4. The summed E-state index contributed by atoms with van der Waals surface area (Å²) in [5, 5.41) is 0. The van der Waals surface area contributed by atoms with Crippen molar-refractivity contribution in [3.05, 3.63) is 0 Å². The molecule has 0 rings (SSSR count). The van der Waals surface area contributed by atoms with Crippen LogP contribution in [0, 0.1) is 0 Å². The van der Waals surface area contributed by atoms with Crippen LogP contribution in [0.1, 0.15) is 275 Å². The Morgan fingerprint density at radius 3 is 0.612 bits per heavy atom. The summed E-state index contributed by atoms with van der Waals surface area (Å²) in [4.78, 5) is 24.0. The quantitative estimate of drug-likeness (QED) is 0.0273. The van der Waals surface area contributed by atoms with Crippen molar-refractivity contribution in [1.82, 2.24) is 0 Å². The molecule has 3 nitrogen and oxygen atoms in total. The van der Waals surface area contributed by atoms with E-state index in [1.165, 1.54) is 218 Å². The van der Waals surface area contributed by atoms with Crippen LogP contribution >= 0.6 is 0 Å². The van der Waals surface area contributed by atoms with Gasteiger partial charge in [0.15, 0.2) is 0 Å². The summed E-state index contributed by atoms with van der Waals surface area (Å²) in [5.41, 5.74) is 0. The van der Waals surface area contributed by atoms with Crippen LogP contribution in [0.15, 0.2) is 0 Å². The first kappa shape index (κ1) is 54.7. The van der Waals surface area contributed by atoms with E-state index in [0.29, 0.717) is 12.8 Å². The molecule has 0 bridgehead atoms. The standard InChI is InChI=1S/C44H86O3.Ca.Na.3H/c1-3-5-7-9-11-13-15-17-19-21-23-25-27-29-31-33-35-37-39-41-43(45)47-44(46)42-40-38-36-34-32-30-28-26-24-22-20-18-16-14-12-10-8-6-4-2;;;;;/h3-42H2,1-2H3;;;;;/q;+2;+1;3*-1. The molecular formula is C44H89CaNaO3. The topological polar surface area (TPSA) is 43.4 Å². The fourth-order valence-corrected chi connectivity index (χ4v) is 6.92. The van der Waals surface area contributed by atoms with Crippen LogP contribution in [-0.2, 0) is 14.3 Å².